The Kier molecular flexibility index (Phi) is 3.78. The Morgan fingerprint density at radius 3 is 3.06 bits per heavy atom. The molecule has 1 N–H and O–H groups in total. The molecule has 1 aromatic rings. The lowest BCUT2D eigenvalue weighted by molar-refractivity contribution is -0.0421. The number of morpholine rings is 1. The number of anilines is 1. The monoisotopic (exact) mass is 242 g/mol. The molecule has 1 aliphatic rings. The largest absolute Gasteiger partial charge is 0.394 e. The molecule has 16 heavy (non-hydrogen) atoms. The van der Waals surface area contributed by atoms with Crippen LogP contribution >= 0.6 is 11.3 Å². The van der Waals surface area contributed by atoms with Crippen molar-refractivity contribution in [1.82, 2.24) is 4.98 Å². The zero-order chi connectivity index (χ0) is 11.5. The van der Waals surface area contributed by atoms with Gasteiger partial charge in [0.25, 0.3) is 0 Å². The minimum absolute atomic E-state index is 0.0762. The van der Waals surface area contributed by atoms with Crippen LogP contribution in [0.2, 0.25) is 0 Å². The van der Waals surface area contributed by atoms with Gasteiger partial charge < -0.3 is 14.7 Å². The summed E-state index contributed by atoms with van der Waals surface area (Å²) >= 11 is 1.67. The number of aryl methyl sites for hydroxylation is 1. The van der Waals surface area contributed by atoms with Crippen molar-refractivity contribution in [2.24, 2.45) is 0 Å². The van der Waals surface area contributed by atoms with E-state index in [-0.39, 0.29) is 18.8 Å². The molecule has 0 radical (unpaired) electrons. The molecule has 5 heteroatoms. The minimum Gasteiger partial charge on any atom is -0.394 e. The predicted octanol–water partition coefficient (Wildman–Crippen LogP) is 1.29. The third-order valence-corrected chi connectivity index (χ3v) is 3.65. The molecule has 2 unspecified atom stereocenters. The van der Waals surface area contributed by atoms with E-state index in [9.17, 15) is 0 Å². The molecule has 2 heterocycles. The third kappa shape index (κ3) is 2.53. The fourth-order valence-electron chi connectivity index (χ4n) is 1.91. The van der Waals surface area contributed by atoms with E-state index in [4.69, 9.17) is 9.84 Å². The number of ether oxygens (including phenoxy) is 1. The van der Waals surface area contributed by atoms with Gasteiger partial charge in [-0.15, -0.1) is 11.3 Å². The van der Waals surface area contributed by atoms with E-state index in [1.807, 2.05) is 6.92 Å². The molecule has 1 fully saturated rings. The molecule has 0 amide bonds. The fraction of sp³-hybridized carbons (Fsp3) is 0.727. The molecule has 1 aliphatic heterocycles. The number of nitrogens with zero attached hydrogens (tertiary/aromatic N) is 2. The van der Waals surface area contributed by atoms with Crippen LogP contribution in [0.15, 0.2) is 5.38 Å². The molecule has 0 spiro atoms. The minimum atomic E-state index is -0.0854. The number of hydrogen-bond acceptors (Lipinski definition) is 5. The van der Waals surface area contributed by atoms with Gasteiger partial charge in [0.2, 0.25) is 0 Å². The van der Waals surface area contributed by atoms with E-state index in [1.54, 1.807) is 11.3 Å². The maximum absolute atomic E-state index is 9.16. The lowest BCUT2D eigenvalue weighted by atomic mass is 10.2. The highest BCUT2D eigenvalue weighted by atomic mass is 32.1. The number of thiazole rings is 1. The van der Waals surface area contributed by atoms with Crippen LogP contribution < -0.4 is 4.90 Å². The summed E-state index contributed by atoms with van der Waals surface area (Å²) in [6.45, 7) is 5.80. The number of aliphatic hydroxyl groups excluding tert-OH is 1. The van der Waals surface area contributed by atoms with E-state index in [1.165, 1.54) is 0 Å². The lowest BCUT2D eigenvalue weighted by Gasteiger charge is -2.35. The van der Waals surface area contributed by atoms with Crippen molar-refractivity contribution in [2.75, 3.05) is 24.6 Å². The van der Waals surface area contributed by atoms with Gasteiger partial charge in [-0.1, -0.05) is 6.92 Å². The van der Waals surface area contributed by atoms with Gasteiger partial charge in [0.15, 0.2) is 5.13 Å². The molecule has 0 bridgehead atoms. The van der Waals surface area contributed by atoms with Gasteiger partial charge in [-0.25, -0.2) is 4.98 Å². The summed E-state index contributed by atoms with van der Waals surface area (Å²) in [4.78, 5) is 6.77. The zero-order valence-corrected chi connectivity index (χ0v) is 10.5. The molecule has 4 nitrogen and oxygen atoms in total. The van der Waals surface area contributed by atoms with E-state index in [0.29, 0.717) is 0 Å². The predicted molar refractivity (Wildman–Crippen MR) is 65.1 cm³/mol. The maximum atomic E-state index is 9.16. The summed E-state index contributed by atoms with van der Waals surface area (Å²) in [5, 5.41) is 12.3. The Bertz CT molecular complexity index is 342. The first kappa shape index (κ1) is 11.8. The SMILES string of the molecule is CCc1csc(N2CC(C)OC(CO)C2)n1. The number of rotatable bonds is 3. The molecule has 2 rings (SSSR count). The molecule has 0 aliphatic carbocycles. The van der Waals surface area contributed by atoms with Crippen LogP contribution in [0.1, 0.15) is 19.5 Å². The number of hydrogen-bond donors (Lipinski definition) is 1. The van der Waals surface area contributed by atoms with Crippen LogP contribution in [-0.4, -0.2) is 42.0 Å². The molecule has 2 atom stereocenters. The Balaban J connectivity index is 2.07. The van der Waals surface area contributed by atoms with Crippen molar-refractivity contribution in [1.29, 1.82) is 0 Å². The van der Waals surface area contributed by atoms with E-state index < -0.39 is 0 Å². The summed E-state index contributed by atoms with van der Waals surface area (Å²) < 4.78 is 5.61. The number of aromatic nitrogens is 1. The standard InChI is InChI=1S/C11H18N2O2S/c1-3-9-7-16-11(12-9)13-4-8(2)15-10(5-13)6-14/h7-8,10,14H,3-6H2,1-2H3. The first-order chi connectivity index (χ1) is 7.72. The second-order valence-corrected chi connectivity index (χ2v) is 4.97. The number of aliphatic hydroxyl groups is 1. The molecule has 90 valence electrons. The quantitative estimate of drug-likeness (QED) is 0.867. The van der Waals surface area contributed by atoms with Gasteiger partial charge in [0, 0.05) is 18.5 Å². The summed E-state index contributed by atoms with van der Waals surface area (Å²) in [6, 6.07) is 0. The molecule has 0 aromatic carbocycles. The zero-order valence-electron chi connectivity index (χ0n) is 9.72. The second-order valence-electron chi connectivity index (χ2n) is 4.13. The first-order valence-electron chi connectivity index (χ1n) is 5.68. The summed E-state index contributed by atoms with van der Waals surface area (Å²) in [6.07, 6.45) is 1.04. The highest BCUT2D eigenvalue weighted by Crippen LogP contribution is 2.24. The second kappa shape index (κ2) is 5.12. The van der Waals surface area contributed by atoms with Crippen molar-refractivity contribution in [3.63, 3.8) is 0 Å². The van der Waals surface area contributed by atoms with Gasteiger partial charge in [-0.05, 0) is 13.3 Å². The van der Waals surface area contributed by atoms with Crippen LogP contribution in [0.5, 0.6) is 0 Å². The van der Waals surface area contributed by atoms with Crippen molar-refractivity contribution < 1.29 is 9.84 Å². The average molecular weight is 242 g/mol. The van der Waals surface area contributed by atoms with Gasteiger partial charge >= 0.3 is 0 Å². The normalized spacial score (nSPS) is 26.1. The average Bonchev–Trinajstić information content (AvgIpc) is 2.76. The molecule has 1 aromatic heterocycles. The first-order valence-corrected chi connectivity index (χ1v) is 6.56. The summed E-state index contributed by atoms with van der Waals surface area (Å²) in [7, 11) is 0. The molecule has 0 saturated carbocycles. The third-order valence-electron chi connectivity index (χ3n) is 2.70. The molecule has 1 saturated heterocycles. The fourth-order valence-corrected chi connectivity index (χ4v) is 2.84. The maximum Gasteiger partial charge on any atom is 0.185 e. The van der Waals surface area contributed by atoms with E-state index in [0.717, 1.165) is 30.3 Å². The molecular weight excluding hydrogens is 224 g/mol. The van der Waals surface area contributed by atoms with Crippen molar-refractivity contribution in [2.45, 2.75) is 32.5 Å². The topological polar surface area (TPSA) is 45.6 Å². The van der Waals surface area contributed by atoms with Crippen molar-refractivity contribution in [3.8, 4) is 0 Å². The Hall–Kier alpha value is -0.650. The van der Waals surface area contributed by atoms with Gasteiger partial charge in [-0.3, -0.25) is 0 Å². The van der Waals surface area contributed by atoms with Crippen LogP contribution in [0.4, 0.5) is 5.13 Å². The van der Waals surface area contributed by atoms with Gasteiger partial charge in [-0.2, -0.15) is 0 Å². The van der Waals surface area contributed by atoms with E-state index >= 15 is 0 Å². The highest BCUT2D eigenvalue weighted by Gasteiger charge is 2.26. The highest BCUT2D eigenvalue weighted by molar-refractivity contribution is 7.13. The summed E-state index contributed by atoms with van der Waals surface area (Å²) in [5.74, 6) is 0. The van der Waals surface area contributed by atoms with Crippen LogP contribution in [-0.2, 0) is 11.2 Å². The van der Waals surface area contributed by atoms with Gasteiger partial charge in [0.1, 0.15) is 0 Å². The molecular formula is C11H18N2O2S. The van der Waals surface area contributed by atoms with Crippen molar-refractivity contribution in [3.05, 3.63) is 11.1 Å². The lowest BCUT2D eigenvalue weighted by Crippen LogP contribution is -2.48. The van der Waals surface area contributed by atoms with Crippen molar-refractivity contribution >= 4 is 16.5 Å². The van der Waals surface area contributed by atoms with E-state index in [2.05, 4.69) is 22.2 Å². The van der Waals surface area contributed by atoms with Crippen LogP contribution in [0.25, 0.3) is 0 Å². The smallest absolute Gasteiger partial charge is 0.185 e. The summed E-state index contributed by atoms with van der Waals surface area (Å²) in [5.41, 5.74) is 1.14. The van der Waals surface area contributed by atoms with Crippen LogP contribution in [0, 0.1) is 0 Å². The van der Waals surface area contributed by atoms with Gasteiger partial charge in [0.05, 0.1) is 24.5 Å². The van der Waals surface area contributed by atoms with Crippen LogP contribution in [0.3, 0.4) is 0 Å². The Labute approximate surface area is 99.9 Å². The Morgan fingerprint density at radius 1 is 1.62 bits per heavy atom. The Morgan fingerprint density at radius 2 is 2.44 bits per heavy atom.